The van der Waals surface area contributed by atoms with E-state index in [2.05, 4.69) is 10.5 Å². The first-order valence-corrected chi connectivity index (χ1v) is 12.9. The third-order valence-electron chi connectivity index (χ3n) is 7.89. The number of rotatable bonds is 6. The molecule has 30 heavy (non-hydrogen) atoms. The number of aromatic nitrogens is 1. The van der Waals surface area contributed by atoms with E-state index < -0.39 is 10.2 Å². The normalized spacial score (nSPS) is 37.0. The molecule has 6 heterocycles. The summed E-state index contributed by atoms with van der Waals surface area (Å²) < 4.78 is 36.0. The number of hydrogen-bond donors (Lipinski definition) is 1. The van der Waals surface area contributed by atoms with Gasteiger partial charge in [-0.05, 0) is 57.3 Å². The molecule has 1 aliphatic carbocycles. The number of nitrogens with one attached hydrogen (secondary N) is 1. The van der Waals surface area contributed by atoms with Gasteiger partial charge in [-0.3, -0.25) is 4.79 Å². The fraction of sp³-hybridized carbons (Fsp3) is 0.810. The second-order valence-corrected chi connectivity index (χ2v) is 11.8. The Labute approximate surface area is 177 Å². The first kappa shape index (κ1) is 19.4. The smallest absolute Gasteiger partial charge is 0.282 e. The predicted octanol–water partition coefficient (Wildman–Crippen LogP) is 2.05. The van der Waals surface area contributed by atoms with Gasteiger partial charge in [-0.2, -0.15) is 17.0 Å². The molecule has 1 saturated carbocycles. The van der Waals surface area contributed by atoms with Gasteiger partial charge in [0.25, 0.3) is 10.2 Å². The van der Waals surface area contributed by atoms with E-state index in [4.69, 9.17) is 4.52 Å². The van der Waals surface area contributed by atoms with Crippen LogP contribution in [0.4, 0.5) is 0 Å². The van der Waals surface area contributed by atoms with E-state index in [0.29, 0.717) is 30.6 Å². The lowest BCUT2D eigenvalue weighted by atomic mass is 9.87. The summed E-state index contributed by atoms with van der Waals surface area (Å²) in [5.41, 5.74) is 0.441. The summed E-state index contributed by atoms with van der Waals surface area (Å²) in [6, 6.07) is 2.25. The van der Waals surface area contributed by atoms with E-state index in [1.807, 2.05) is 10.4 Å². The minimum absolute atomic E-state index is 0.0271. The van der Waals surface area contributed by atoms with Gasteiger partial charge in [0.05, 0.1) is 0 Å². The first-order valence-electron chi connectivity index (χ1n) is 11.5. The van der Waals surface area contributed by atoms with Crippen molar-refractivity contribution in [3.8, 4) is 0 Å². The number of hydrogen-bond acceptors (Lipinski definition) is 6. The van der Waals surface area contributed by atoms with Crippen molar-refractivity contribution < 1.29 is 17.7 Å². The van der Waals surface area contributed by atoms with Gasteiger partial charge in [-0.1, -0.05) is 5.16 Å². The van der Waals surface area contributed by atoms with Crippen LogP contribution in [0, 0.1) is 5.92 Å². The lowest BCUT2D eigenvalue weighted by Crippen LogP contribution is -2.65. The Kier molecular flexibility index (Phi) is 4.60. The van der Waals surface area contributed by atoms with Gasteiger partial charge in [0.15, 0.2) is 5.78 Å². The van der Waals surface area contributed by atoms with Gasteiger partial charge in [0, 0.05) is 55.7 Å². The van der Waals surface area contributed by atoms with Crippen LogP contribution >= 0.6 is 0 Å². The molecule has 0 amide bonds. The van der Waals surface area contributed by atoms with Crippen LogP contribution in [0.1, 0.15) is 80.0 Å². The van der Waals surface area contributed by atoms with Crippen LogP contribution in [0.25, 0.3) is 0 Å². The monoisotopic (exact) mass is 434 g/mol. The van der Waals surface area contributed by atoms with Crippen LogP contribution in [-0.2, 0) is 10.2 Å². The fourth-order valence-corrected chi connectivity index (χ4v) is 8.51. The van der Waals surface area contributed by atoms with Crippen molar-refractivity contribution >= 4 is 16.0 Å². The lowest BCUT2D eigenvalue weighted by Gasteiger charge is -2.48. The molecule has 0 spiro atoms. The zero-order valence-electron chi connectivity index (χ0n) is 17.2. The van der Waals surface area contributed by atoms with Gasteiger partial charge in [-0.15, -0.1) is 0 Å². The van der Waals surface area contributed by atoms with E-state index >= 15 is 0 Å². The molecule has 3 unspecified atom stereocenters. The van der Waals surface area contributed by atoms with E-state index in [1.54, 1.807) is 4.31 Å². The van der Waals surface area contributed by atoms with E-state index in [0.717, 1.165) is 63.7 Å². The molecule has 6 fully saturated rings. The number of piperazine rings is 1. The molecule has 4 bridgehead atoms. The Morgan fingerprint density at radius 1 is 1.10 bits per heavy atom. The number of fused-ring (bicyclic) bond motifs is 5. The minimum Gasteiger partial charge on any atom is -0.360 e. The van der Waals surface area contributed by atoms with Crippen molar-refractivity contribution in [1.29, 1.82) is 0 Å². The van der Waals surface area contributed by atoms with Crippen LogP contribution < -0.4 is 5.32 Å². The Morgan fingerprint density at radius 2 is 1.83 bits per heavy atom. The Hall–Kier alpha value is -1.29. The van der Waals surface area contributed by atoms with Crippen molar-refractivity contribution in [2.24, 2.45) is 5.92 Å². The highest BCUT2D eigenvalue weighted by molar-refractivity contribution is 7.86. The summed E-state index contributed by atoms with van der Waals surface area (Å²) in [6.45, 7) is 1.37. The molecule has 8 nitrogen and oxygen atoms in total. The van der Waals surface area contributed by atoms with Crippen LogP contribution in [0.2, 0.25) is 0 Å². The molecule has 5 saturated heterocycles. The molecule has 5 aliphatic heterocycles. The number of piperidine rings is 3. The molecule has 9 heteroatoms. The predicted molar refractivity (Wildman–Crippen MR) is 109 cm³/mol. The summed E-state index contributed by atoms with van der Waals surface area (Å²) in [6.07, 6.45) is 8.06. The fourth-order valence-electron chi connectivity index (χ4n) is 6.21. The molecular formula is C21H30N4O4S. The Balaban J connectivity index is 1.13. The topological polar surface area (TPSA) is 95.8 Å². The Bertz CT molecular complexity index is 921. The maximum absolute atomic E-state index is 13.5. The van der Waals surface area contributed by atoms with Gasteiger partial charge < -0.3 is 9.84 Å². The van der Waals surface area contributed by atoms with Gasteiger partial charge in [0.2, 0.25) is 0 Å². The lowest BCUT2D eigenvalue weighted by molar-refractivity contribution is 0.0902. The van der Waals surface area contributed by atoms with Crippen molar-refractivity contribution in [1.82, 2.24) is 19.1 Å². The maximum atomic E-state index is 13.5. The second-order valence-electron chi connectivity index (χ2n) is 9.98. The summed E-state index contributed by atoms with van der Waals surface area (Å²) in [7, 11) is -3.44. The number of Topliss-reactive ketones (excluding diaryl/α,β-unsaturated/α-hetero) is 1. The molecule has 7 rings (SSSR count). The van der Waals surface area contributed by atoms with Crippen LogP contribution in [0.3, 0.4) is 0 Å². The third kappa shape index (κ3) is 3.25. The molecule has 1 aromatic rings. The van der Waals surface area contributed by atoms with E-state index in [-0.39, 0.29) is 29.8 Å². The molecule has 164 valence electrons. The minimum atomic E-state index is -3.44. The van der Waals surface area contributed by atoms with Gasteiger partial charge >= 0.3 is 0 Å². The standard InChI is InChI=1S/C21H30N4O4S/c26-20(19-10-21(29-23-19)14-1-2-14)9-13-7-16-5-6-17(8-13)25(16)30(27,28)24-12-15-3-4-18(24)11-22-15/h10,13-18,22H,1-9,11-12H2/t13?,15?,16-,17+,18?. The van der Waals surface area contributed by atoms with Crippen molar-refractivity contribution in [3.63, 3.8) is 0 Å². The highest BCUT2D eigenvalue weighted by Crippen LogP contribution is 2.44. The van der Waals surface area contributed by atoms with E-state index in [1.165, 1.54) is 0 Å². The zero-order chi connectivity index (χ0) is 20.5. The average molecular weight is 435 g/mol. The van der Waals surface area contributed by atoms with Gasteiger partial charge in [-0.25, -0.2) is 0 Å². The van der Waals surface area contributed by atoms with Crippen LogP contribution in [0.15, 0.2) is 10.6 Å². The Morgan fingerprint density at radius 3 is 2.43 bits per heavy atom. The number of carbonyl (C=O) groups excluding carboxylic acids is 1. The molecule has 1 aromatic heterocycles. The van der Waals surface area contributed by atoms with Crippen molar-refractivity contribution in [3.05, 3.63) is 17.5 Å². The van der Waals surface area contributed by atoms with Crippen LogP contribution in [-0.4, -0.2) is 65.2 Å². The number of ketones is 1. The van der Waals surface area contributed by atoms with Crippen molar-refractivity contribution in [2.45, 2.75) is 87.9 Å². The molecule has 0 radical (unpaired) electrons. The number of carbonyl (C=O) groups is 1. The maximum Gasteiger partial charge on any atom is 0.282 e. The third-order valence-corrected chi connectivity index (χ3v) is 10.1. The zero-order valence-corrected chi connectivity index (χ0v) is 18.0. The quantitative estimate of drug-likeness (QED) is 0.689. The average Bonchev–Trinajstić information content (AvgIpc) is 3.40. The molecule has 0 aromatic carbocycles. The second kappa shape index (κ2) is 7.12. The SMILES string of the molecule is O=C(CC1C[C@H]2CC[C@@H](C1)N2S(=O)(=O)N1CC2CCC1CN2)c1cc(C2CC2)on1. The van der Waals surface area contributed by atoms with Crippen LogP contribution in [0.5, 0.6) is 0 Å². The highest BCUT2D eigenvalue weighted by Gasteiger charge is 2.51. The number of nitrogens with zero attached hydrogens (tertiary/aromatic N) is 3. The summed E-state index contributed by atoms with van der Waals surface area (Å²) in [5.74, 6) is 1.54. The summed E-state index contributed by atoms with van der Waals surface area (Å²) in [4.78, 5) is 12.7. The molecular weight excluding hydrogens is 404 g/mol. The largest absolute Gasteiger partial charge is 0.360 e. The highest BCUT2D eigenvalue weighted by atomic mass is 32.2. The summed E-state index contributed by atoms with van der Waals surface area (Å²) in [5, 5.41) is 7.43. The molecule has 5 atom stereocenters. The van der Waals surface area contributed by atoms with Gasteiger partial charge in [0.1, 0.15) is 11.5 Å². The van der Waals surface area contributed by atoms with Crippen molar-refractivity contribution in [2.75, 3.05) is 13.1 Å². The summed E-state index contributed by atoms with van der Waals surface area (Å²) >= 11 is 0. The molecule has 1 N–H and O–H groups in total. The molecule has 6 aliphatic rings. The van der Waals surface area contributed by atoms with E-state index in [9.17, 15) is 13.2 Å². The first-order chi connectivity index (χ1) is 14.5.